The van der Waals surface area contributed by atoms with Crippen LogP contribution in [0, 0.1) is 0 Å². The summed E-state index contributed by atoms with van der Waals surface area (Å²) in [6, 6.07) is 3.23. The molecular weight excluding hydrogens is 474 g/mol. The van der Waals surface area contributed by atoms with E-state index in [1.807, 2.05) is 25.2 Å². The molecule has 1 amide bonds. The van der Waals surface area contributed by atoms with Crippen molar-refractivity contribution < 1.29 is 14.3 Å². The highest BCUT2D eigenvalue weighted by Crippen LogP contribution is 2.32. The number of carbonyl (C=O) groups excluding carboxylic acids is 1. The van der Waals surface area contributed by atoms with E-state index in [0.717, 1.165) is 42.9 Å². The molecule has 3 aliphatic rings. The van der Waals surface area contributed by atoms with Gasteiger partial charge in [0, 0.05) is 38.9 Å². The molecule has 0 spiro atoms. The van der Waals surface area contributed by atoms with Crippen molar-refractivity contribution in [2.75, 3.05) is 43.6 Å². The van der Waals surface area contributed by atoms with Crippen LogP contribution >= 0.6 is 0 Å². The molecule has 194 valence electrons. The lowest BCUT2D eigenvalue weighted by Gasteiger charge is -2.26. The van der Waals surface area contributed by atoms with Crippen molar-refractivity contribution in [2.24, 2.45) is 0 Å². The Hall–Kier alpha value is -3.80. The van der Waals surface area contributed by atoms with Crippen LogP contribution in [0.2, 0.25) is 0 Å². The van der Waals surface area contributed by atoms with Gasteiger partial charge in [-0.25, -0.2) is 14.6 Å². The fourth-order valence-electron chi connectivity index (χ4n) is 5.15. The number of rotatable bonds is 2. The van der Waals surface area contributed by atoms with Crippen LogP contribution in [-0.4, -0.2) is 81.8 Å². The van der Waals surface area contributed by atoms with E-state index in [1.54, 1.807) is 23.0 Å². The number of hydrogen-bond donors (Lipinski definition) is 1. The number of pyridine rings is 1. The summed E-state index contributed by atoms with van der Waals surface area (Å²) in [6.45, 7) is 2.27. The van der Waals surface area contributed by atoms with Crippen molar-refractivity contribution in [1.82, 2.24) is 35.3 Å². The first kappa shape index (κ1) is 23.6. The Morgan fingerprint density at radius 1 is 1.16 bits per heavy atom. The summed E-state index contributed by atoms with van der Waals surface area (Å²) in [6.07, 6.45) is 7.35. The van der Waals surface area contributed by atoms with Crippen LogP contribution in [-0.2, 0) is 30.7 Å². The topological polar surface area (TPSA) is 123 Å². The van der Waals surface area contributed by atoms with Gasteiger partial charge < -0.3 is 24.6 Å². The molecule has 3 aromatic heterocycles. The van der Waals surface area contributed by atoms with Crippen LogP contribution < -0.4 is 19.9 Å². The maximum Gasteiger partial charge on any atom is 0.274 e. The van der Waals surface area contributed by atoms with Crippen LogP contribution in [0.15, 0.2) is 24.5 Å². The smallest absolute Gasteiger partial charge is 0.274 e. The number of hydrogen-bond acceptors (Lipinski definition) is 10. The second-order valence-corrected chi connectivity index (χ2v) is 9.88. The van der Waals surface area contributed by atoms with Crippen LogP contribution in [0.5, 0.6) is 5.75 Å². The van der Waals surface area contributed by atoms with Crippen LogP contribution in [0.4, 0.5) is 11.8 Å². The molecule has 12 heteroatoms. The Labute approximate surface area is 215 Å². The maximum absolute atomic E-state index is 13.4. The molecule has 2 aliphatic heterocycles. The zero-order valence-electron chi connectivity index (χ0n) is 21.1. The van der Waals surface area contributed by atoms with Crippen molar-refractivity contribution in [3.8, 4) is 5.75 Å². The number of fused-ring (bicyclic) bond motifs is 5. The number of aromatic nitrogens is 6. The van der Waals surface area contributed by atoms with Gasteiger partial charge in [0.2, 0.25) is 5.95 Å². The minimum Gasteiger partial charge on any atom is -0.489 e. The van der Waals surface area contributed by atoms with E-state index in [-0.39, 0.29) is 23.7 Å². The van der Waals surface area contributed by atoms with Crippen molar-refractivity contribution in [1.29, 1.82) is 0 Å². The quantitative estimate of drug-likeness (QED) is 0.540. The Kier molecular flexibility index (Phi) is 6.33. The summed E-state index contributed by atoms with van der Waals surface area (Å²) >= 11 is 0. The lowest BCUT2D eigenvalue weighted by atomic mass is 9.96. The second-order valence-electron chi connectivity index (χ2n) is 9.88. The molecule has 1 aliphatic carbocycles. The summed E-state index contributed by atoms with van der Waals surface area (Å²) in [4.78, 5) is 31.6. The highest BCUT2D eigenvalue weighted by Gasteiger charge is 2.38. The normalized spacial score (nSPS) is 21.7. The van der Waals surface area contributed by atoms with E-state index in [2.05, 4.69) is 25.5 Å². The predicted octanol–water partition coefficient (Wildman–Crippen LogP) is 1.00. The number of nitrogens with zero attached hydrogens (tertiary/aromatic N) is 8. The summed E-state index contributed by atoms with van der Waals surface area (Å²) in [5.41, 5.74) is 3.31. The fraction of sp³-hybridized carbons (Fsp3) is 0.520. The van der Waals surface area contributed by atoms with Gasteiger partial charge in [-0.3, -0.25) is 4.79 Å². The molecular formula is C25H31N9O3. The van der Waals surface area contributed by atoms with Gasteiger partial charge in [0.15, 0.2) is 11.4 Å². The third-order valence-electron chi connectivity index (χ3n) is 7.03. The SMILES string of the molecule is CN(C)c1nc2c(c(N3C[C@@H]4NC(=O)c5ncccc5OCCn5cc(nn5)CO[C@H]4C3)n1)CCCC2. The van der Waals surface area contributed by atoms with Gasteiger partial charge in [-0.2, -0.15) is 4.98 Å². The second kappa shape index (κ2) is 9.92. The van der Waals surface area contributed by atoms with Gasteiger partial charge in [-0.15, -0.1) is 5.10 Å². The van der Waals surface area contributed by atoms with Crippen molar-refractivity contribution >= 4 is 17.7 Å². The zero-order chi connectivity index (χ0) is 25.4. The molecule has 1 N–H and O–H groups in total. The molecule has 5 heterocycles. The molecule has 3 aromatic rings. The van der Waals surface area contributed by atoms with E-state index < -0.39 is 0 Å². The van der Waals surface area contributed by atoms with Crippen LogP contribution in [0.1, 0.15) is 40.3 Å². The number of ether oxygens (including phenoxy) is 2. The third-order valence-corrected chi connectivity index (χ3v) is 7.03. The van der Waals surface area contributed by atoms with Gasteiger partial charge >= 0.3 is 0 Å². The average molecular weight is 506 g/mol. The van der Waals surface area contributed by atoms with E-state index in [4.69, 9.17) is 19.4 Å². The van der Waals surface area contributed by atoms with Gasteiger partial charge in [0.05, 0.1) is 37.2 Å². The number of nitrogens with one attached hydrogen (secondary N) is 1. The van der Waals surface area contributed by atoms with Crippen molar-refractivity contribution in [2.45, 2.75) is 51.0 Å². The molecule has 37 heavy (non-hydrogen) atoms. The Bertz CT molecular complexity index is 1290. The molecule has 6 rings (SSSR count). The summed E-state index contributed by atoms with van der Waals surface area (Å²) in [5.74, 6) is 1.78. The summed E-state index contributed by atoms with van der Waals surface area (Å²) < 4.78 is 14.0. The highest BCUT2D eigenvalue weighted by atomic mass is 16.5. The number of carbonyl (C=O) groups is 1. The van der Waals surface area contributed by atoms with Crippen LogP contribution in [0.25, 0.3) is 0 Å². The number of aryl methyl sites for hydroxylation is 1. The number of amides is 1. The van der Waals surface area contributed by atoms with E-state index in [9.17, 15) is 4.79 Å². The third kappa shape index (κ3) is 4.80. The Morgan fingerprint density at radius 2 is 2.05 bits per heavy atom. The molecule has 0 radical (unpaired) electrons. The first-order valence-corrected chi connectivity index (χ1v) is 12.8. The van der Waals surface area contributed by atoms with E-state index in [1.165, 1.54) is 5.56 Å². The predicted molar refractivity (Wildman–Crippen MR) is 135 cm³/mol. The molecule has 1 saturated heterocycles. The molecule has 0 unspecified atom stereocenters. The summed E-state index contributed by atoms with van der Waals surface area (Å²) in [7, 11) is 3.92. The monoisotopic (exact) mass is 505 g/mol. The Balaban J connectivity index is 1.33. The molecule has 2 atom stereocenters. The molecule has 0 saturated carbocycles. The number of anilines is 2. The van der Waals surface area contributed by atoms with E-state index >= 15 is 0 Å². The van der Waals surface area contributed by atoms with Crippen molar-refractivity contribution in [3.05, 3.63) is 47.2 Å². The molecule has 0 aromatic carbocycles. The average Bonchev–Trinajstić information content (AvgIpc) is 3.53. The Morgan fingerprint density at radius 3 is 2.95 bits per heavy atom. The van der Waals surface area contributed by atoms with Gasteiger partial charge in [-0.05, 0) is 37.8 Å². The van der Waals surface area contributed by atoms with Crippen molar-refractivity contribution in [3.63, 3.8) is 0 Å². The summed E-state index contributed by atoms with van der Waals surface area (Å²) in [5, 5.41) is 11.6. The van der Waals surface area contributed by atoms with Gasteiger partial charge in [-0.1, -0.05) is 5.21 Å². The van der Waals surface area contributed by atoms with Gasteiger partial charge in [0.25, 0.3) is 5.91 Å². The molecule has 1 fully saturated rings. The van der Waals surface area contributed by atoms with Gasteiger partial charge in [0.1, 0.15) is 18.1 Å². The molecule has 12 nitrogen and oxygen atoms in total. The van der Waals surface area contributed by atoms with Crippen LogP contribution in [0.3, 0.4) is 0 Å². The standard InChI is InChI=1S/C25H31N9O3/c1-32(2)25-28-18-7-4-3-6-17(18)23(29-25)33-13-19-21(14-33)37-15-16-12-34(31-30-16)10-11-36-20-8-5-9-26-22(20)24(35)27-19/h5,8-9,12,19,21H,3-4,6-7,10-11,13-15H2,1-2H3,(H,27,35)/t19-,21-/m0/s1. The lowest BCUT2D eigenvalue weighted by molar-refractivity contribution is 0.0345. The minimum absolute atomic E-state index is 0.255. The largest absolute Gasteiger partial charge is 0.489 e. The maximum atomic E-state index is 13.4. The zero-order valence-corrected chi connectivity index (χ0v) is 21.1. The molecule has 2 bridgehead atoms. The van der Waals surface area contributed by atoms with E-state index in [0.29, 0.717) is 44.5 Å². The first-order valence-electron chi connectivity index (χ1n) is 12.8. The highest BCUT2D eigenvalue weighted by molar-refractivity contribution is 5.95. The first-order chi connectivity index (χ1) is 18.0. The minimum atomic E-state index is -0.288. The fourth-order valence-corrected chi connectivity index (χ4v) is 5.15. The lowest BCUT2D eigenvalue weighted by Crippen LogP contribution is -2.44.